The van der Waals surface area contributed by atoms with Gasteiger partial charge in [-0.15, -0.1) is 0 Å². The van der Waals surface area contributed by atoms with Crippen LogP contribution in [-0.4, -0.2) is 41.8 Å². The number of benzene rings is 2. The van der Waals surface area contributed by atoms with Crippen molar-refractivity contribution in [1.82, 2.24) is 10.2 Å². The van der Waals surface area contributed by atoms with E-state index in [1.165, 1.54) is 16.8 Å². The highest BCUT2D eigenvalue weighted by Gasteiger charge is 2.39. The lowest BCUT2D eigenvalue weighted by molar-refractivity contribution is -0.136. The molecule has 5 rings (SSSR count). The highest BCUT2D eigenvalue weighted by molar-refractivity contribution is 6.05. The van der Waals surface area contributed by atoms with Crippen molar-refractivity contribution in [2.24, 2.45) is 0 Å². The standard InChI is InChI=1S/C26H29N3O3/c30-24-13-12-23(25(31)27-24)29-17-21-18(9-6-10-20(21)26(29)32)7-2-1-5-15-28-16-14-19-8-3-4-11-22(19)28/h3-4,6,8-11,23H,1-2,5,7,12-17H2,(H,27,30,31). The van der Waals surface area contributed by atoms with E-state index in [0.717, 1.165) is 50.8 Å². The maximum atomic E-state index is 13.0. The molecule has 1 saturated heterocycles. The maximum Gasteiger partial charge on any atom is 0.255 e. The molecule has 32 heavy (non-hydrogen) atoms. The molecule has 166 valence electrons. The van der Waals surface area contributed by atoms with Crippen LogP contribution in [0.25, 0.3) is 0 Å². The second-order valence-corrected chi connectivity index (χ2v) is 9.02. The Morgan fingerprint density at radius 1 is 0.938 bits per heavy atom. The summed E-state index contributed by atoms with van der Waals surface area (Å²) in [5.41, 5.74) is 5.81. The fourth-order valence-electron chi connectivity index (χ4n) is 5.32. The molecule has 1 N–H and O–H groups in total. The van der Waals surface area contributed by atoms with E-state index in [1.807, 2.05) is 12.1 Å². The van der Waals surface area contributed by atoms with Crippen LogP contribution < -0.4 is 10.2 Å². The first-order valence-electron chi connectivity index (χ1n) is 11.7. The number of fused-ring (bicyclic) bond motifs is 2. The summed E-state index contributed by atoms with van der Waals surface area (Å²) < 4.78 is 0. The van der Waals surface area contributed by atoms with Gasteiger partial charge in [0.1, 0.15) is 6.04 Å². The highest BCUT2D eigenvalue weighted by atomic mass is 16.2. The summed E-state index contributed by atoms with van der Waals surface area (Å²) in [7, 11) is 0. The van der Waals surface area contributed by atoms with E-state index in [4.69, 9.17) is 0 Å². The number of hydrogen-bond acceptors (Lipinski definition) is 4. The monoisotopic (exact) mass is 431 g/mol. The summed E-state index contributed by atoms with van der Waals surface area (Å²) in [6.07, 6.45) is 6.15. The normalized spacial score (nSPS) is 19.9. The predicted octanol–water partition coefficient (Wildman–Crippen LogP) is 3.22. The SMILES string of the molecule is O=C1CCC(N2Cc3c(CCCCCN4CCc5ccccc54)cccc3C2=O)C(=O)N1. The Balaban J connectivity index is 1.16. The van der Waals surface area contributed by atoms with Crippen molar-refractivity contribution < 1.29 is 14.4 Å². The molecule has 3 aliphatic heterocycles. The van der Waals surface area contributed by atoms with Gasteiger partial charge in [0, 0.05) is 37.3 Å². The average Bonchev–Trinajstić information content (AvgIpc) is 3.35. The van der Waals surface area contributed by atoms with E-state index in [9.17, 15) is 14.4 Å². The molecule has 1 fully saturated rings. The van der Waals surface area contributed by atoms with Crippen molar-refractivity contribution in [3.8, 4) is 0 Å². The van der Waals surface area contributed by atoms with Gasteiger partial charge in [-0.05, 0) is 60.9 Å². The minimum absolute atomic E-state index is 0.0935. The molecular weight excluding hydrogens is 402 g/mol. The Morgan fingerprint density at radius 2 is 1.81 bits per heavy atom. The van der Waals surface area contributed by atoms with Crippen LogP contribution >= 0.6 is 0 Å². The van der Waals surface area contributed by atoms with Crippen LogP contribution in [0.4, 0.5) is 5.69 Å². The maximum absolute atomic E-state index is 13.0. The smallest absolute Gasteiger partial charge is 0.255 e. The third-order valence-corrected chi connectivity index (χ3v) is 7.04. The molecule has 2 aromatic carbocycles. The third kappa shape index (κ3) is 3.90. The topological polar surface area (TPSA) is 69.7 Å². The number of piperidine rings is 1. The number of unbranched alkanes of at least 4 members (excludes halogenated alkanes) is 2. The molecule has 2 aromatic rings. The number of anilines is 1. The Kier molecular flexibility index (Phi) is 5.68. The van der Waals surface area contributed by atoms with Gasteiger partial charge < -0.3 is 9.80 Å². The molecule has 1 atom stereocenters. The van der Waals surface area contributed by atoms with Gasteiger partial charge in [0.2, 0.25) is 11.8 Å². The molecule has 6 nitrogen and oxygen atoms in total. The van der Waals surface area contributed by atoms with Crippen LogP contribution in [0, 0.1) is 0 Å². The largest absolute Gasteiger partial charge is 0.371 e. The van der Waals surface area contributed by atoms with Crippen LogP contribution in [0.1, 0.15) is 59.2 Å². The van der Waals surface area contributed by atoms with Gasteiger partial charge in [0.05, 0.1) is 0 Å². The molecule has 3 heterocycles. The van der Waals surface area contributed by atoms with Gasteiger partial charge in [-0.2, -0.15) is 0 Å². The number of imide groups is 1. The summed E-state index contributed by atoms with van der Waals surface area (Å²) in [4.78, 5) is 40.8. The van der Waals surface area contributed by atoms with Crippen molar-refractivity contribution in [1.29, 1.82) is 0 Å². The molecule has 6 heteroatoms. The van der Waals surface area contributed by atoms with E-state index < -0.39 is 6.04 Å². The Labute approximate surface area is 188 Å². The first kappa shape index (κ1) is 20.7. The number of hydrogen-bond donors (Lipinski definition) is 1. The first-order chi connectivity index (χ1) is 15.6. The summed E-state index contributed by atoms with van der Waals surface area (Å²) in [5.74, 6) is -0.704. The van der Waals surface area contributed by atoms with Crippen LogP contribution in [0.15, 0.2) is 42.5 Å². The minimum Gasteiger partial charge on any atom is -0.371 e. The Bertz CT molecular complexity index is 1060. The fourth-order valence-corrected chi connectivity index (χ4v) is 5.32. The molecule has 3 amide bonds. The number of rotatable bonds is 7. The van der Waals surface area contributed by atoms with Crippen molar-refractivity contribution in [2.45, 2.75) is 57.5 Å². The van der Waals surface area contributed by atoms with E-state index in [2.05, 4.69) is 40.5 Å². The summed E-state index contributed by atoms with van der Waals surface area (Å²) >= 11 is 0. The quantitative estimate of drug-likeness (QED) is 0.540. The summed E-state index contributed by atoms with van der Waals surface area (Å²) in [5, 5.41) is 2.37. The average molecular weight is 432 g/mol. The molecular formula is C26H29N3O3. The van der Waals surface area contributed by atoms with Crippen molar-refractivity contribution in [3.05, 3.63) is 64.7 Å². The molecule has 0 radical (unpaired) electrons. The lowest BCUT2D eigenvalue weighted by Gasteiger charge is -2.29. The van der Waals surface area contributed by atoms with E-state index >= 15 is 0 Å². The predicted molar refractivity (Wildman–Crippen MR) is 122 cm³/mol. The molecule has 3 aliphatic rings. The number of carbonyl (C=O) groups is 3. The number of nitrogens with one attached hydrogen (secondary N) is 1. The highest BCUT2D eigenvalue weighted by Crippen LogP contribution is 2.31. The zero-order valence-corrected chi connectivity index (χ0v) is 18.3. The lowest BCUT2D eigenvalue weighted by atomic mass is 9.98. The van der Waals surface area contributed by atoms with Crippen molar-refractivity contribution in [3.63, 3.8) is 0 Å². The zero-order valence-electron chi connectivity index (χ0n) is 18.3. The lowest BCUT2D eigenvalue weighted by Crippen LogP contribution is -2.52. The second-order valence-electron chi connectivity index (χ2n) is 9.02. The van der Waals surface area contributed by atoms with E-state index in [1.54, 1.807) is 4.90 Å². The summed E-state index contributed by atoms with van der Waals surface area (Å²) in [6, 6.07) is 14.0. The molecule has 0 spiro atoms. The van der Waals surface area contributed by atoms with Gasteiger partial charge in [-0.25, -0.2) is 0 Å². The van der Waals surface area contributed by atoms with E-state index in [-0.39, 0.29) is 24.1 Å². The van der Waals surface area contributed by atoms with Gasteiger partial charge in [0.15, 0.2) is 0 Å². The molecule has 0 aliphatic carbocycles. The number of nitrogens with zero attached hydrogens (tertiary/aromatic N) is 2. The third-order valence-electron chi connectivity index (χ3n) is 7.04. The van der Waals surface area contributed by atoms with Crippen molar-refractivity contribution in [2.75, 3.05) is 18.0 Å². The van der Waals surface area contributed by atoms with Crippen LogP contribution in [0.3, 0.4) is 0 Å². The van der Waals surface area contributed by atoms with Gasteiger partial charge in [-0.1, -0.05) is 36.8 Å². The van der Waals surface area contributed by atoms with Crippen LogP contribution in [0.5, 0.6) is 0 Å². The van der Waals surface area contributed by atoms with Gasteiger partial charge >= 0.3 is 0 Å². The first-order valence-corrected chi connectivity index (χ1v) is 11.7. The van der Waals surface area contributed by atoms with Crippen molar-refractivity contribution >= 4 is 23.4 Å². The number of para-hydroxylation sites is 1. The molecule has 0 bridgehead atoms. The molecule has 1 unspecified atom stereocenters. The summed E-state index contributed by atoms with van der Waals surface area (Å²) in [6.45, 7) is 2.66. The van der Waals surface area contributed by atoms with Crippen LogP contribution in [0.2, 0.25) is 0 Å². The minimum atomic E-state index is -0.552. The number of carbonyl (C=O) groups excluding carboxylic acids is 3. The second kappa shape index (κ2) is 8.77. The fraction of sp³-hybridized carbons (Fsp3) is 0.423. The zero-order chi connectivity index (χ0) is 22.1. The Morgan fingerprint density at radius 3 is 2.69 bits per heavy atom. The Hall–Kier alpha value is -3.15. The van der Waals surface area contributed by atoms with Gasteiger partial charge in [-0.3, -0.25) is 19.7 Å². The molecule has 0 aromatic heterocycles. The number of aryl methyl sites for hydroxylation is 1. The molecule has 0 saturated carbocycles. The van der Waals surface area contributed by atoms with Gasteiger partial charge in [0.25, 0.3) is 5.91 Å². The van der Waals surface area contributed by atoms with E-state index in [0.29, 0.717) is 18.5 Å². The van der Waals surface area contributed by atoms with Crippen LogP contribution in [-0.2, 0) is 29.0 Å². The number of amides is 3.